The van der Waals surface area contributed by atoms with Gasteiger partial charge in [0.2, 0.25) is 0 Å². The average Bonchev–Trinajstić information content (AvgIpc) is 3.63. The van der Waals surface area contributed by atoms with Gasteiger partial charge in [-0.1, -0.05) is 25.5 Å². The maximum Gasteiger partial charge on any atom is 0.534 e. The minimum atomic E-state index is -5.54. The van der Waals surface area contributed by atoms with E-state index in [2.05, 4.69) is 27.3 Å². The number of imidazole rings is 1. The average molecular weight is 638 g/mol. The number of ether oxygens (including phenoxy) is 1. The summed E-state index contributed by atoms with van der Waals surface area (Å²) in [4.78, 5) is 21.9. The number of allylic oxidation sites excluding steroid dienone is 4. The van der Waals surface area contributed by atoms with Gasteiger partial charge in [0, 0.05) is 12.7 Å². The second-order valence-electron chi connectivity index (χ2n) is 11.1. The van der Waals surface area contributed by atoms with Gasteiger partial charge in [-0.05, 0) is 74.3 Å². The topological polar surface area (TPSA) is 120 Å². The third-order valence-corrected chi connectivity index (χ3v) is 6.30. The molecule has 1 amide bonds. The lowest BCUT2D eigenvalue weighted by Gasteiger charge is -2.27. The summed E-state index contributed by atoms with van der Waals surface area (Å²) in [7, 11) is -5.98. The van der Waals surface area contributed by atoms with Gasteiger partial charge in [0.15, 0.2) is 0 Å². The Labute approximate surface area is 255 Å². The molecule has 0 saturated carbocycles. The highest BCUT2D eigenvalue weighted by atomic mass is 32.2. The maximum atomic E-state index is 12.4. The van der Waals surface area contributed by atoms with Crippen molar-refractivity contribution in [1.82, 2.24) is 14.9 Å². The Morgan fingerprint density at radius 2 is 1.77 bits per heavy atom. The molecule has 2 aliphatic rings. The lowest BCUT2D eigenvalue weighted by atomic mass is 9.86. The number of rotatable bonds is 5. The second kappa shape index (κ2) is 16.9. The molecule has 2 aliphatic heterocycles. The van der Waals surface area contributed by atoms with E-state index in [1.165, 1.54) is 6.08 Å². The number of nitrogens with zero attached hydrogens (tertiary/aromatic N) is 2. The van der Waals surface area contributed by atoms with Crippen LogP contribution in [0.1, 0.15) is 93.9 Å². The van der Waals surface area contributed by atoms with Crippen LogP contribution in [0.2, 0.25) is 0 Å². The standard InChI is InChI=1S/C16H26BN3O4.C8H11F3O3S.C2H6.C2H4/c1-15(2,3)23-14(21)20-8-6-7-11(20)13-18-9-12(19-13)17-22-10-16(4,5)24-17;1-6(2)4-5-7(3)14-15(12,13)8(9,10)11;2*1-2/h9,11H,6-8,10H2,1-5H3,(H,18,19);4-5H,1-3H3;1-2H3;1-2H2/b;7-5+;;. The summed E-state index contributed by atoms with van der Waals surface area (Å²) in [5.74, 6) is 0.416. The number of carbonyl (C=O) groups excluding carboxylic acids is 1. The maximum absolute atomic E-state index is 12.4. The Morgan fingerprint density at radius 1 is 1.19 bits per heavy atom. The van der Waals surface area contributed by atoms with Gasteiger partial charge in [-0.15, -0.1) is 13.2 Å². The van der Waals surface area contributed by atoms with Crippen molar-refractivity contribution in [3.8, 4) is 0 Å². The van der Waals surface area contributed by atoms with Crippen molar-refractivity contribution in [3.63, 3.8) is 0 Å². The Kier molecular flexibility index (Phi) is 15.8. The zero-order chi connectivity index (χ0) is 33.8. The third kappa shape index (κ3) is 13.6. The molecular weight excluding hydrogens is 590 g/mol. The second-order valence-corrected chi connectivity index (χ2v) is 12.6. The summed E-state index contributed by atoms with van der Waals surface area (Å²) in [5.41, 5.74) is -4.61. The first kappa shape index (κ1) is 40.2. The molecule has 2 fully saturated rings. The van der Waals surface area contributed by atoms with Crippen LogP contribution in [0.25, 0.3) is 0 Å². The number of halogens is 3. The summed E-state index contributed by atoms with van der Waals surface area (Å²) >= 11 is 0. The van der Waals surface area contributed by atoms with Gasteiger partial charge in [-0.2, -0.15) is 21.6 Å². The first-order valence-electron chi connectivity index (χ1n) is 13.9. The molecule has 3 rings (SSSR count). The van der Waals surface area contributed by atoms with Crippen molar-refractivity contribution in [2.24, 2.45) is 0 Å². The van der Waals surface area contributed by atoms with E-state index in [0.717, 1.165) is 42.8 Å². The van der Waals surface area contributed by atoms with Crippen molar-refractivity contribution in [2.45, 2.75) is 105 Å². The number of nitrogens with one attached hydrogen (secondary N) is 1. The Morgan fingerprint density at radius 3 is 2.23 bits per heavy atom. The predicted octanol–water partition coefficient (Wildman–Crippen LogP) is 6.55. The third-order valence-electron chi connectivity index (χ3n) is 5.25. The van der Waals surface area contributed by atoms with Crippen LogP contribution in [-0.2, 0) is 28.3 Å². The van der Waals surface area contributed by atoms with E-state index in [9.17, 15) is 26.4 Å². The SMILES string of the molecule is C=C.CC.CC(C)(C)OC(=O)N1CCCC1c1ncc(B2OCC(C)(C)O2)[nH]1.CC(C)=C/C=C(\C)OS(=O)(=O)C(F)(F)F. The minimum Gasteiger partial charge on any atom is -0.444 e. The first-order chi connectivity index (χ1) is 19.7. The first-order valence-corrected chi connectivity index (χ1v) is 15.3. The van der Waals surface area contributed by atoms with Crippen LogP contribution in [-0.4, -0.2) is 66.4 Å². The van der Waals surface area contributed by atoms with Gasteiger partial charge >= 0.3 is 28.8 Å². The van der Waals surface area contributed by atoms with E-state index < -0.39 is 28.3 Å². The fourth-order valence-electron chi connectivity index (χ4n) is 3.55. The molecule has 1 unspecified atom stereocenters. The van der Waals surface area contributed by atoms with E-state index in [4.69, 9.17) is 14.0 Å². The molecule has 43 heavy (non-hydrogen) atoms. The number of aromatic nitrogens is 2. The van der Waals surface area contributed by atoms with E-state index in [1.54, 1.807) is 24.9 Å². The van der Waals surface area contributed by atoms with Gasteiger partial charge in [0.05, 0.1) is 23.8 Å². The Bertz CT molecular complexity index is 1190. The number of H-pyrrole nitrogens is 1. The number of hydrogen-bond donors (Lipinski definition) is 1. The molecule has 0 aliphatic carbocycles. The van der Waals surface area contributed by atoms with Crippen LogP contribution in [0.15, 0.2) is 42.8 Å². The molecule has 1 N–H and O–H groups in total. The van der Waals surface area contributed by atoms with Crippen LogP contribution >= 0.6 is 0 Å². The van der Waals surface area contributed by atoms with Gasteiger partial charge in [0.25, 0.3) is 0 Å². The molecule has 0 spiro atoms. The molecule has 1 aromatic rings. The summed E-state index contributed by atoms with van der Waals surface area (Å²) < 4.78 is 77.4. The summed E-state index contributed by atoms with van der Waals surface area (Å²) in [5, 5.41) is 0. The van der Waals surface area contributed by atoms with Gasteiger partial charge in [0.1, 0.15) is 17.2 Å². The highest BCUT2D eigenvalue weighted by Gasteiger charge is 2.48. The number of hydrogen-bond acceptors (Lipinski definition) is 8. The number of aromatic amines is 1. The zero-order valence-corrected chi connectivity index (χ0v) is 27.7. The molecule has 0 aromatic carbocycles. The van der Waals surface area contributed by atoms with Crippen LogP contribution in [0.4, 0.5) is 18.0 Å². The molecular formula is C28H47BF3N3O7S. The van der Waals surface area contributed by atoms with Crippen LogP contribution in [0.5, 0.6) is 0 Å². The molecule has 2 saturated heterocycles. The highest BCUT2D eigenvalue weighted by molar-refractivity contribution is 7.87. The largest absolute Gasteiger partial charge is 0.534 e. The van der Waals surface area contributed by atoms with Crippen LogP contribution < -0.4 is 5.59 Å². The summed E-state index contributed by atoms with van der Waals surface area (Å²) in [6.45, 7) is 25.4. The molecule has 10 nitrogen and oxygen atoms in total. The molecule has 15 heteroatoms. The number of alkyl halides is 3. The van der Waals surface area contributed by atoms with Crippen molar-refractivity contribution in [2.75, 3.05) is 13.2 Å². The number of carbonyl (C=O) groups is 1. The van der Waals surface area contributed by atoms with Crippen molar-refractivity contribution < 1.29 is 44.6 Å². The quantitative estimate of drug-likeness (QED) is 0.0964. The Hall–Kier alpha value is -2.78. The molecule has 1 aromatic heterocycles. The summed E-state index contributed by atoms with van der Waals surface area (Å²) in [6, 6.07) is -0.0944. The molecule has 0 bridgehead atoms. The molecule has 1 atom stereocenters. The fourth-order valence-corrected chi connectivity index (χ4v) is 4.05. The van der Waals surface area contributed by atoms with Crippen molar-refractivity contribution >= 4 is 28.9 Å². The van der Waals surface area contributed by atoms with Gasteiger partial charge in [-0.25, -0.2) is 9.78 Å². The van der Waals surface area contributed by atoms with E-state index in [1.807, 2.05) is 48.5 Å². The fraction of sp³-hybridized carbons (Fsp3) is 0.643. The lowest BCUT2D eigenvalue weighted by Crippen LogP contribution is -2.37. The molecule has 0 radical (unpaired) electrons. The monoisotopic (exact) mass is 637 g/mol. The predicted molar refractivity (Wildman–Crippen MR) is 162 cm³/mol. The van der Waals surface area contributed by atoms with Crippen molar-refractivity contribution in [1.29, 1.82) is 0 Å². The zero-order valence-electron chi connectivity index (χ0n) is 26.9. The highest BCUT2D eigenvalue weighted by Crippen LogP contribution is 2.31. The lowest BCUT2D eigenvalue weighted by molar-refractivity contribution is -0.0521. The number of amides is 1. The molecule has 246 valence electrons. The smallest absolute Gasteiger partial charge is 0.444 e. The summed E-state index contributed by atoms with van der Waals surface area (Å²) in [6.07, 6.45) is 5.83. The minimum absolute atomic E-state index is 0.0944. The van der Waals surface area contributed by atoms with E-state index >= 15 is 0 Å². The Balaban J connectivity index is 0.000000805. The number of likely N-dealkylation sites (tertiary alicyclic amines) is 1. The van der Waals surface area contributed by atoms with Crippen LogP contribution in [0, 0.1) is 0 Å². The van der Waals surface area contributed by atoms with E-state index in [-0.39, 0.29) is 23.5 Å². The van der Waals surface area contributed by atoms with E-state index in [0.29, 0.717) is 13.2 Å². The van der Waals surface area contributed by atoms with Gasteiger partial charge < -0.3 is 23.2 Å². The van der Waals surface area contributed by atoms with Crippen molar-refractivity contribution in [3.05, 3.63) is 48.7 Å². The normalized spacial score (nSPS) is 18.3. The molecule has 3 heterocycles. The van der Waals surface area contributed by atoms with Gasteiger partial charge in [-0.3, -0.25) is 4.90 Å². The van der Waals surface area contributed by atoms with Crippen LogP contribution in [0.3, 0.4) is 0 Å².